The van der Waals surface area contributed by atoms with Crippen LogP contribution in [0.2, 0.25) is 5.02 Å². The first-order valence-corrected chi connectivity index (χ1v) is 6.59. The number of rotatable bonds is 4. The zero-order valence-corrected chi connectivity index (χ0v) is 10.3. The Morgan fingerprint density at radius 1 is 1.47 bits per heavy atom. The maximum Gasteiger partial charge on any atom is 0.240 e. The Labute approximate surface area is 95.5 Å². The Morgan fingerprint density at radius 3 is 2.67 bits per heavy atom. The van der Waals surface area contributed by atoms with Gasteiger partial charge in [0.2, 0.25) is 10.0 Å². The number of hydrogen-bond acceptors (Lipinski definition) is 2. The van der Waals surface area contributed by atoms with Crippen molar-refractivity contribution >= 4 is 21.6 Å². The Bertz CT molecular complexity index is 431. The third kappa shape index (κ3) is 3.48. The maximum absolute atomic E-state index is 11.8. The van der Waals surface area contributed by atoms with Crippen LogP contribution in [0.1, 0.15) is 20.3 Å². The molecule has 1 N–H and O–H groups in total. The van der Waals surface area contributed by atoms with Crippen LogP contribution >= 0.6 is 11.6 Å². The summed E-state index contributed by atoms with van der Waals surface area (Å²) in [4.78, 5) is 0.204. The van der Waals surface area contributed by atoms with E-state index in [2.05, 4.69) is 4.72 Å². The molecule has 0 spiro atoms. The van der Waals surface area contributed by atoms with E-state index in [9.17, 15) is 8.42 Å². The molecule has 0 saturated heterocycles. The first-order chi connectivity index (χ1) is 6.95. The molecule has 5 heteroatoms. The molecule has 1 rings (SSSR count). The summed E-state index contributed by atoms with van der Waals surface area (Å²) in [6, 6.07) is 6.15. The van der Waals surface area contributed by atoms with Crippen LogP contribution < -0.4 is 4.72 Å². The predicted octanol–water partition coefficient (Wildman–Crippen LogP) is 2.42. The van der Waals surface area contributed by atoms with Crippen molar-refractivity contribution in [3.05, 3.63) is 29.3 Å². The SMILES string of the molecule is CC[C@@H](C)NS(=O)(=O)c1cccc(Cl)c1. The Hall–Kier alpha value is -0.580. The summed E-state index contributed by atoms with van der Waals surface area (Å²) in [6.45, 7) is 3.74. The van der Waals surface area contributed by atoms with Crippen LogP contribution in [0.25, 0.3) is 0 Å². The van der Waals surface area contributed by atoms with Gasteiger partial charge >= 0.3 is 0 Å². The molecule has 0 aromatic heterocycles. The van der Waals surface area contributed by atoms with Crippen LogP contribution in [0.5, 0.6) is 0 Å². The number of benzene rings is 1. The average Bonchev–Trinajstić information content (AvgIpc) is 2.17. The fraction of sp³-hybridized carbons (Fsp3) is 0.400. The van der Waals surface area contributed by atoms with Crippen molar-refractivity contribution in [2.24, 2.45) is 0 Å². The fourth-order valence-electron chi connectivity index (χ4n) is 1.05. The number of sulfonamides is 1. The summed E-state index contributed by atoms with van der Waals surface area (Å²) in [6.07, 6.45) is 0.750. The Kier molecular flexibility index (Phi) is 4.13. The lowest BCUT2D eigenvalue weighted by Gasteiger charge is -2.11. The molecule has 0 heterocycles. The number of nitrogens with one attached hydrogen (secondary N) is 1. The average molecular weight is 248 g/mol. The Balaban J connectivity index is 2.96. The van der Waals surface area contributed by atoms with E-state index >= 15 is 0 Å². The third-order valence-electron chi connectivity index (χ3n) is 2.08. The summed E-state index contributed by atoms with van der Waals surface area (Å²) < 4.78 is 26.1. The quantitative estimate of drug-likeness (QED) is 0.888. The summed E-state index contributed by atoms with van der Waals surface area (Å²) in [7, 11) is -3.43. The summed E-state index contributed by atoms with van der Waals surface area (Å²) in [5, 5.41) is 0.419. The highest BCUT2D eigenvalue weighted by atomic mass is 35.5. The molecule has 0 amide bonds. The van der Waals surface area contributed by atoms with Crippen molar-refractivity contribution in [1.82, 2.24) is 4.72 Å². The van der Waals surface area contributed by atoms with Crippen LogP contribution in [0, 0.1) is 0 Å². The lowest BCUT2D eigenvalue weighted by molar-refractivity contribution is 0.556. The molecule has 3 nitrogen and oxygen atoms in total. The molecular formula is C10H14ClNO2S. The van der Waals surface area contributed by atoms with Crippen molar-refractivity contribution in [2.45, 2.75) is 31.2 Å². The molecule has 0 saturated carbocycles. The zero-order chi connectivity index (χ0) is 11.5. The topological polar surface area (TPSA) is 46.2 Å². The second-order valence-corrected chi connectivity index (χ2v) is 5.54. The number of hydrogen-bond donors (Lipinski definition) is 1. The molecule has 1 aromatic carbocycles. The lowest BCUT2D eigenvalue weighted by Crippen LogP contribution is -2.31. The molecule has 0 aliphatic heterocycles. The third-order valence-corrected chi connectivity index (χ3v) is 3.90. The van der Waals surface area contributed by atoms with Crippen LogP contribution in [-0.2, 0) is 10.0 Å². The van der Waals surface area contributed by atoms with E-state index in [4.69, 9.17) is 11.6 Å². The predicted molar refractivity (Wildman–Crippen MR) is 61.5 cm³/mol. The fourth-order valence-corrected chi connectivity index (χ4v) is 2.68. The van der Waals surface area contributed by atoms with Crippen molar-refractivity contribution in [2.75, 3.05) is 0 Å². The summed E-state index contributed by atoms with van der Waals surface area (Å²) in [5.41, 5.74) is 0. The molecule has 0 unspecified atom stereocenters. The highest BCUT2D eigenvalue weighted by molar-refractivity contribution is 7.89. The van der Waals surface area contributed by atoms with Crippen molar-refractivity contribution in [1.29, 1.82) is 0 Å². The van der Waals surface area contributed by atoms with Crippen molar-refractivity contribution < 1.29 is 8.42 Å². The van der Waals surface area contributed by atoms with Gasteiger partial charge in [0.1, 0.15) is 0 Å². The van der Waals surface area contributed by atoms with Crippen LogP contribution in [0.4, 0.5) is 0 Å². The van der Waals surface area contributed by atoms with Crippen LogP contribution in [0.3, 0.4) is 0 Å². The molecule has 1 atom stereocenters. The summed E-state index contributed by atoms with van der Waals surface area (Å²) in [5.74, 6) is 0. The van der Waals surface area contributed by atoms with Gasteiger partial charge < -0.3 is 0 Å². The van der Waals surface area contributed by atoms with E-state index in [0.29, 0.717) is 5.02 Å². The van der Waals surface area contributed by atoms with Crippen LogP contribution in [0.15, 0.2) is 29.2 Å². The monoisotopic (exact) mass is 247 g/mol. The van der Waals surface area contributed by atoms with Crippen molar-refractivity contribution in [3.8, 4) is 0 Å². The Morgan fingerprint density at radius 2 is 2.13 bits per heavy atom. The molecule has 0 fully saturated rings. The van der Waals surface area contributed by atoms with E-state index in [-0.39, 0.29) is 10.9 Å². The van der Waals surface area contributed by atoms with Gasteiger partial charge in [-0.05, 0) is 31.5 Å². The second-order valence-electron chi connectivity index (χ2n) is 3.39. The molecule has 0 bridgehead atoms. The summed E-state index contributed by atoms with van der Waals surface area (Å²) >= 11 is 5.73. The largest absolute Gasteiger partial charge is 0.240 e. The van der Waals surface area contributed by atoms with E-state index < -0.39 is 10.0 Å². The van der Waals surface area contributed by atoms with E-state index in [1.165, 1.54) is 12.1 Å². The molecule has 1 aromatic rings. The van der Waals surface area contributed by atoms with E-state index in [1.54, 1.807) is 12.1 Å². The first kappa shape index (κ1) is 12.5. The molecule has 0 radical (unpaired) electrons. The second kappa shape index (κ2) is 4.96. The maximum atomic E-state index is 11.8. The van der Waals surface area contributed by atoms with Crippen LogP contribution in [-0.4, -0.2) is 14.5 Å². The minimum Gasteiger partial charge on any atom is -0.208 e. The molecular weight excluding hydrogens is 234 g/mol. The van der Waals surface area contributed by atoms with Gasteiger partial charge in [-0.25, -0.2) is 13.1 Å². The molecule has 84 valence electrons. The molecule has 0 aliphatic carbocycles. The highest BCUT2D eigenvalue weighted by Crippen LogP contribution is 2.15. The van der Waals surface area contributed by atoms with Gasteiger partial charge in [0.25, 0.3) is 0 Å². The lowest BCUT2D eigenvalue weighted by atomic mass is 10.3. The van der Waals surface area contributed by atoms with Gasteiger partial charge in [0, 0.05) is 11.1 Å². The molecule has 15 heavy (non-hydrogen) atoms. The van der Waals surface area contributed by atoms with Gasteiger partial charge in [0.15, 0.2) is 0 Å². The van der Waals surface area contributed by atoms with Crippen molar-refractivity contribution in [3.63, 3.8) is 0 Å². The van der Waals surface area contributed by atoms with Gasteiger partial charge in [0.05, 0.1) is 4.90 Å². The number of halogens is 1. The highest BCUT2D eigenvalue weighted by Gasteiger charge is 2.16. The van der Waals surface area contributed by atoms with Gasteiger partial charge in [-0.3, -0.25) is 0 Å². The zero-order valence-electron chi connectivity index (χ0n) is 8.70. The van der Waals surface area contributed by atoms with Gasteiger partial charge in [-0.2, -0.15) is 0 Å². The molecule has 0 aliphatic rings. The van der Waals surface area contributed by atoms with E-state index in [1.807, 2.05) is 13.8 Å². The van der Waals surface area contributed by atoms with Gasteiger partial charge in [-0.15, -0.1) is 0 Å². The smallest absolute Gasteiger partial charge is 0.208 e. The minimum atomic E-state index is -3.43. The van der Waals surface area contributed by atoms with Gasteiger partial charge in [-0.1, -0.05) is 24.6 Å². The van der Waals surface area contributed by atoms with E-state index in [0.717, 1.165) is 6.42 Å². The minimum absolute atomic E-state index is 0.0750. The first-order valence-electron chi connectivity index (χ1n) is 4.73. The standard InChI is InChI=1S/C10H14ClNO2S/c1-3-8(2)12-15(13,14)10-6-4-5-9(11)7-10/h4-8,12H,3H2,1-2H3/t8-/m1/s1. The normalized spacial score (nSPS) is 13.8.